The SMILES string of the molecule is CCC(COC)NCc1cccs1. The van der Waals surface area contributed by atoms with Crippen molar-refractivity contribution in [2.24, 2.45) is 0 Å². The van der Waals surface area contributed by atoms with E-state index in [0.717, 1.165) is 19.6 Å². The third-order valence-electron chi connectivity index (χ3n) is 2.01. The first kappa shape index (κ1) is 10.7. The molecule has 0 bridgehead atoms. The van der Waals surface area contributed by atoms with E-state index >= 15 is 0 Å². The minimum Gasteiger partial charge on any atom is -0.383 e. The molecule has 1 unspecified atom stereocenters. The molecule has 0 saturated carbocycles. The Morgan fingerprint density at radius 2 is 2.46 bits per heavy atom. The molecule has 0 fully saturated rings. The van der Waals surface area contributed by atoms with Crippen LogP contribution in [0.25, 0.3) is 0 Å². The van der Waals surface area contributed by atoms with Crippen LogP contribution in [0.2, 0.25) is 0 Å². The molecule has 0 spiro atoms. The Kier molecular flexibility index (Phi) is 5.05. The highest BCUT2D eigenvalue weighted by atomic mass is 32.1. The van der Waals surface area contributed by atoms with Crippen LogP contribution >= 0.6 is 11.3 Å². The normalized spacial score (nSPS) is 13.1. The second kappa shape index (κ2) is 6.13. The van der Waals surface area contributed by atoms with Crippen molar-refractivity contribution in [3.05, 3.63) is 22.4 Å². The predicted molar refractivity (Wildman–Crippen MR) is 57.1 cm³/mol. The Balaban J connectivity index is 2.23. The lowest BCUT2D eigenvalue weighted by atomic mass is 10.2. The molecule has 3 heteroatoms. The van der Waals surface area contributed by atoms with Gasteiger partial charge in [-0.15, -0.1) is 11.3 Å². The van der Waals surface area contributed by atoms with Gasteiger partial charge >= 0.3 is 0 Å². The van der Waals surface area contributed by atoms with Crippen molar-refractivity contribution in [3.8, 4) is 0 Å². The highest BCUT2D eigenvalue weighted by Gasteiger charge is 2.04. The molecule has 1 aromatic heterocycles. The van der Waals surface area contributed by atoms with E-state index in [2.05, 4.69) is 29.8 Å². The van der Waals surface area contributed by atoms with E-state index in [1.807, 2.05) is 0 Å². The Morgan fingerprint density at radius 1 is 1.62 bits per heavy atom. The third-order valence-corrected chi connectivity index (χ3v) is 2.88. The first-order valence-corrected chi connectivity index (χ1v) is 5.49. The summed E-state index contributed by atoms with van der Waals surface area (Å²) >= 11 is 1.79. The van der Waals surface area contributed by atoms with Gasteiger partial charge in [0.1, 0.15) is 0 Å². The fourth-order valence-corrected chi connectivity index (χ4v) is 1.84. The second-order valence-corrected chi connectivity index (χ2v) is 4.05. The Morgan fingerprint density at radius 3 is 3.00 bits per heavy atom. The van der Waals surface area contributed by atoms with E-state index in [9.17, 15) is 0 Å². The molecule has 2 nitrogen and oxygen atoms in total. The van der Waals surface area contributed by atoms with E-state index in [1.165, 1.54) is 4.88 Å². The molecule has 1 atom stereocenters. The van der Waals surface area contributed by atoms with E-state index in [1.54, 1.807) is 18.4 Å². The van der Waals surface area contributed by atoms with Crippen LogP contribution in [0.15, 0.2) is 17.5 Å². The smallest absolute Gasteiger partial charge is 0.0615 e. The van der Waals surface area contributed by atoms with Gasteiger partial charge in [0.15, 0.2) is 0 Å². The summed E-state index contributed by atoms with van der Waals surface area (Å²) in [4.78, 5) is 1.38. The number of hydrogen-bond donors (Lipinski definition) is 1. The maximum Gasteiger partial charge on any atom is 0.0615 e. The topological polar surface area (TPSA) is 21.3 Å². The summed E-state index contributed by atoms with van der Waals surface area (Å²) in [7, 11) is 1.75. The van der Waals surface area contributed by atoms with E-state index < -0.39 is 0 Å². The monoisotopic (exact) mass is 199 g/mol. The van der Waals surface area contributed by atoms with Gasteiger partial charge in [-0.25, -0.2) is 0 Å². The molecule has 74 valence electrons. The first-order chi connectivity index (χ1) is 6.36. The number of hydrogen-bond acceptors (Lipinski definition) is 3. The summed E-state index contributed by atoms with van der Waals surface area (Å²) in [6.07, 6.45) is 1.11. The molecule has 0 amide bonds. The second-order valence-electron chi connectivity index (χ2n) is 3.02. The number of nitrogens with one attached hydrogen (secondary N) is 1. The van der Waals surface area contributed by atoms with Crippen molar-refractivity contribution in [3.63, 3.8) is 0 Å². The summed E-state index contributed by atoms with van der Waals surface area (Å²) in [5, 5.41) is 5.56. The van der Waals surface area contributed by atoms with Crippen LogP contribution in [-0.2, 0) is 11.3 Å². The minimum absolute atomic E-state index is 0.479. The Bertz CT molecular complexity index is 211. The summed E-state index contributed by atoms with van der Waals surface area (Å²) < 4.78 is 5.11. The van der Waals surface area contributed by atoms with E-state index in [-0.39, 0.29) is 0 Å². The molecule has 13 heavy (non-hydrogen) atoms. The molecular formula is C10H17NOS. The fraction of sp³-hybridized carbons (Fsp3) is 0.600. The van der Waals surface area contributed by atoms with Gasteiger partial charge < -0.3 is 10.1 Å². The highest BCUT2D eigenvalue weighted by molar-refractivity contribution is 7.09. The van der Waals surface area contributed by atoms with Crippen molar-refractivity contribution in [2.75, 3.05) is 13.7 Å². The van der Waals surface area contributed by atoms with Crippen LogP contribution in [0.4, 0.5) is 0 Å². The maximum atomic E-state index is 5.11. The fourth-order valence-electron chi connectivity index (χ4n) is 1.18. The van der Waals surface area contributed by atoms with Crippen LogP contribution < -0.4 is 5.32 Å². The van der Waals surface area contributed by atoms with Gasteiger partial charge in [0.05, 0.1) is 6.61 Å². The van der Waals surface area contributed by atoms with Gasteiger partial charge in [0.2, 0.25) is 0 Å². The van der Waals surface area contributed by atoms with Gasteiger partial charge in [-0.2, -0.15) is 0 Å². The molecular weight excluding hydrogens is 182 g/mol. The van der Waals surface area contributed by atoms with Crippen LogP contribution in [0.5, 0.6) is 0 Å². The lowest BCUT2D eigenvalue weighted by Gasteiger charge is -2.14. The molecule has 0 aromatic carbocycles. The predicted octanol–water partition coefficient (Wildman–Crippen LogP) is 2.26. The van der Waals surface area contributed by atoms with Gasteiger partial charge in [-0.3, -0.25) is 0 Å². The molecule has 0 aliphatic heterocycles. The van der Waals surface area contributed by atoms with E-state index in [0.29, 0.717) is 6.04 Å². The van der Waals surface area contributed by atoms with Crippen molar-refractivity contribution in [1.82, 2.24) is 5.32 Å². The minimum atomic E-state index is 0.479. The number of ether oxygens (including phenoxy) is 1. The third kappa shape index (κ3) is 3.89. The van der Waals surface area contributed by atoms with Crippen LogP contribution in [0.1, 0.15) is 18.2 Å². The summed E-state index contributed by atoms with van der Waals surface area (Å²) in [6, 6.07) is 4.71. The zero-order chi connectivity index (χ0) is 9.52. The molecule has 0 radical (unpaired) electrons. The Hall–Kier alpha value is -0.380. The number of methoxy groups -OCH3 is 1. The average molecular weight is 199 g/mol. The molecule has 0 saturated heterocycles. The van der Waals surface area contributed by atoms with Crippen molar-refractivity contribution in [2.45, 2.75) is 25.9 Å². The lowest BCUT2D eigenvalue weighted by Crippen LogP contribution is -2.31. The molecule has 0 aliphatic carbocycles. The highest BCUT2D eigenvalue weighted by Crippen LogP contribution is 2.08. The van der Waals surface area contributed by atoms with Crippen molar-refractivity contribution >= 4 is 11.3 Å². The van der Waals surface area contributed by atoms with Gasteiger partial charge in [0, 0.05) is 24.6 Å². The van der Waals surface area contributed by atoms with Gasteiger partial charge in [-0.1, -0.05) is 13.0 Å². The first-order valence-electron chi connectivity index (χ1n) is 4.61. The molecule has 1 heterocycles. The quantitative estimate of drug-likeness (QED) is 0.759. The van der Waals surface area contributed by atoms with Gasteiger partial charge in [0.25, 0.3) is 0 Å². The lowest BCUT2D eigenvalue weighted by molar-refractivity contribution is 0.164. The summed E-state index contributed by atoms with van der Waals surface area (Å²) in [6.45, 7) is 3.92. The molecule has 0 aliphatic rings. The molecule has 1 aromatic rings. The zero-order valence-electron chi connectivity index (χ0n) is 8.25. The average Bonchev–Trinajstić information content (AvgIpc) is 2.64. The van der Waals surface area contributed by atoms with Crippen molar-refractivity contribution < 1.29 is 4.74 Å². The molecule has 1 rings (SSSR count). The number of rotatable bonds is 6. The number of thiophene rings is 1. The Labute approximate surface area is 83.9 Å². The van der Waals surface area contributed by atoms with E-state index in [4.69, 9.17) is 4.74 Å². The van der Waals surface area contributed by atoms with Crippen LogP contribution in [0.3, 0.4) is 0 Å². The maximum absolute atomic E-state index is 5.11. The standard InChI is InChI=1S/C10H17NOS/c1-3-9(8-12-2)11-7-10-5-4-6-13-10/h4-6,9,11H,3,7-8H2,1-2H3. The van der Waals surface area contributed by atoms with Crippen molar-refractivity contribution in [1.29, 1.82) is 0 Å². The van der Waals surface area contributed by atoms with Crippen LogP contribution in [-0.4, -0.2) is 19.8 Å². The van der Waals surface area contributed by atoms with Gasteiger partial charge in [-0.05, 0) is 17.9 Å². The molecule has 1 N–H and O–H groups in total. The van der Waals surface area contributed by atoms with Crippen LogP contribution in [0, 0.1) is 0 Å². The largest absolute Gasteiger partial charge is 0.383 e. The summed E-state index contributed by atoms with van der Waals surface area (Å²) in [5.74, 6) is 0. The zero-order valence-corrected chi connectivity index (χ0v) is 9.06. The summed E-state index contributed by atoms with van der Waals surface area (Å²) in [5.41, 5.74) is 0.